The minimum absolute atomic E-state index is 0.251. The molecule has 0 spiro atoms. The molecule has 0 saturated heterocycles. The lowest BCUT2D eigenvalue weighted by Gasteiger charge is -2.06. The molecular weight excluding hydrogens is 266 g/mol. The Kier molecular flexibility index (Phi) is 4.12. The molecule has 0 atom stereocenters. The van der Waals surface area contributed by atoms with Crippen LogP contribution in [-0.2, 0) is 4.84 Å². The van der Waals surface area contributed by atoms with E-state index in [0.717, 1.165) is 10.9 Å². The highest BCUT2D eigenvalue weighted by Crippen LogP contribution is 2.27. The Hall–Kier alpha value is -1.52. The van der Waals surface area contributed by atoms with Crippen molar-refractivity contribution < 1.29 is 14.0 Å². The highest BCUT2D eigenvalue weighted by Gasteiger charge is 2.18. The van der Waals surface area contributed by atoms with Crippen LogP contribution in [0.15, 0.2) is 22.6 Å². The Morgan fingerprint density at radius 3 is 2.89 bits per heavy atom. The number of benzene rings is 1. The summed E-state index contributed by atoms with van der Waals surface area (Å²) in [4.78, 5) is 17.0. The first-order valence-corrected chi connectivity index (χ1v) is 6.47. The van der Waals surface area contributed by atoms with Crippen LogP contribution in [0.5, 0.6) is 0 Å². The average Bonchev–Trinajstić information content (AvgIpc) is 2.66. The lowest BCUT2D eigenvalue weighted by Crippen LogP contribution is -2.25. The summed E-state index contributed by atoms with van der Waals surface area (Å²) in [6.45, 7) is 6.28. The first-order chi connectivity index (χ1) is 8.99. The predicted molar refractivity (Wildman–Crippen MR) is 74.2 cm³/mol. The molecule has 0 aliphatic carbocycles. The number of nitrogens with one attached hydrogen (secondary N) is 1. The van der Waals surface area contributed by atoms with Crippen LogP contribution < -0.4 is 5.48 Å². The van der Waals surface area contributed by atoms with Crippen molar-refractivity contribution in [3.63, 3.8) is 0 Å². The molecule has 1 amide bonds. The summed E-state index contributed by atoms with van der Waals surface area (Å²) in [6.07, 6.45) is 0. The summed E-state index contributed by atoms with van der Waals surface area (Å²) >= 11 is 5.93. The minimum Gasteiger partial charge on any atom is -0.451 e. The molecule has 1 aromatic carbocycles. The molecule has 5 heteroatoms. The van der Waals surface area contributed by atoms with E-state index in [2.05, 4.69) is 5.48 Å². The van der Waals surface area contributed by atoms with Gasteiger partial charge in [0.15, 0.2) is 5.76 Å². The molecule has 102 valence electrons. The minimum atomic E-state index is -0.384. The van der Waals surface area contributed by atoms with Crippen LogP contribution in [0.2, 0.25) is 5.02 Å². The first kappa shape index (κ1) is 13.9. The molecule has 0 aliphatic heterocycles. The third-order valence-electron chi connectivity index (χ3n) is 2.69. The van der Waals surface area contributed by atoms with Crippen LogP contribution in [0.4, 0.5) is 0 Å². The van der Waals surface area contributed by atoms with E-state index >= 15 is 0 Å². The van der Waals surface area contributed by atoms with E-state index < -0.39 is 0 Å². The molecule has 1 aromatic heterocycles. The Balaban J connectivity index is 2.20. The standard InChI is InChI=1S/C14H16ClNO3/c1-8(2)7-18-16-14(17)13-9(3)11-6-10(15)4-5-12(11)19-13/h4-6,8H,7H2,1-3H3,(H,16,17). The van der Waals surface area contributed by atoms with Crippen molar-refractivity contribution in [2.45, 2.75) is 20.8 Å². The second kappa shape index (κ2) is 5.63. The molecule has 0 unspecified atom stereocenters. The Bertz CT molecular complexity index is 604. The van der Waals surface area contributed by atoms with Crippen LogP contribution in [0.1, 0.15) is 30.0 Å². The van der Waals surface area contributed by atoms with Crippen molar-refractivity contribution in [2.75, 3.05) is 6.61 Å². The monoisotopic (exact) mass is 281 g/mol. The van der Waals surface area contributed by atoms with Gasteiger partial charge in [-0.3, -0.25) is 9.63 Å². The van der Waals surface area contributed by atoms with Crippen LogP contribution in [0.3, 0.4) is 0 Å². The zero-order valence-corrected chi connectivity index (χ0v) is 11.9. The molecule has 19 heavy (non-hydrogen) atoms. The first-order valence-electron chi connectivity index (χ1n) is 6.10. The van der Waals surface area contributed by atoms with Gasteiger partial charge in [-0.15, -0.1) is 0 Å². The maximum absolute atomic E-state index is 11.9. The Labute approximate surface area is 116 Å². The predicted octanol–water partition coefficient (Wildman–Crippen LogP) is 3.71. The van der Waals surface area contributed by atoms with E-state index in [4.69, 9.17) is 20.9 Å². The Morgan fingerprint density at radius 1 is 1.47 bits per heavy atom. The van der Waals surface area contributed by atoms with E-state index in [-0.39, 0.29) is 11.7 Å². The summed E-state index contributed by atoms with van der Waals surface area (Å²) in [6, 6.07) is 5.25. The molecule has 1 heterocycles. The highest BCUT2D eigenvalue weighted by molar-refractivity contribution is 6.31. The number of halogens is 1. The smallest absolute Gasteiger partial charge is 0.310 e. The fourth-order valence-electron chi connectivity index (χ4n) is 1.73. The van der Waals surface area contributed by atoms with Gasteiger partial charge in [0.05, 0.1) is 6.61 Å². The number of carbonyl (C=O) groups excluding carboxylic acids is 1. The van der Waals surface area contributed by atoms with Crippen molar-refractivity contribution in [3.05, 3.63) is 34.5 Å². The van der Waals surface area contributed by atoms with E-state index in [9.17, 15) is 4.79 Å². The second-order valence-electron chi connectivity index (χ2n) is 4.83. The third kappa shape index (κ3) is 3.08. The van der Waals surface area contributed by atoms with Crippen LogP contribution >= 0.6 is 11.6 Å². The van der Waals surface area contributed by atoms with Gasteiger partial charge in [0.2, 0.25) is 0 Å². The number of hydrogen-bond donors (Lipinski definition) is 1. The molecule has 0 saturated carbocycles. The van der Waals surface area contributed by atoms with Gasteiger partial charge in [0.1, 0.15) is 5.58 Å². The zero-order chi connectivity index (χ0) is 14.0. The van der Waals surface area contributed by atoms with Crippen molar-refractivity contribution in [3.8, 4) is 0 Å². The van der Waals surface area contributed by atoms with Crippen molar-refractivity contribution in [2.24, 2.45) is 5.92 Å². The molecule has 0 aliphatic rings. The lowest BCUT2D eigenvalue weighted by molar-refractivity contribution is 0.0189. The normalized spacial score (nSPS) is 11.2. The van der Waals surface area contributed by atoms with Crippen LogP contribution in [0.25, 0.3) is 11.0 Å². The van der Waals surface area contributed by atoms with Crippen molar-refractivity contribution in [1.82, 2.24) is 5.48 Å². The number of amides is 1. The van der Waals surface area contributed by atoms with E-state index in [1.165, 1.54) is 0 Å². The summed E-state index contributed by atoms with van der Waals surface area (Å²) in [5.41, 5.74) is 3.77. The van der Waals surface area contributed by atoms with Crippen LogP contribution in [-0.4, -0.2) is 12.5 Å². The van der Waals surface area contributed by atoms with Gasteiger partial charge in [-0.05, 0) is 31.0 Å². The number of hydroxylamine groups is 1. The fraction of sp³-hybridized carbons (Fsp3) is 0.357. The molecule has 2 aromatic rings. The molecular formula is C14H16ClNO3. The number of hydrogen-bond acceptors (Lipinski definition) is 3. The Morgan fingerprint density at radius 2 is 2.21 bits per heavy atom. The largest absolute Gasteiger partial charge is 0.451 e. The summed E-state index contributed by atoms with van der Waals surface area (Å²) in [7, 11) is 0. The maximum Gasteiger partial charge on any atom is 0.310 e. The third-order valence-corrected chi connectivity index (χ3v) is 2.92. The molecule has 4 nitrogen and oxygen atoms in total. The van der Waals surface area contributed by atoms with E-state index in [1.54, 1.807) is 18.2 Å². The van der Waals surface area contributed by atoms with E-state index in [0.29, 0.717) is 23.1 Å². The topological polar surface area (TPSA) is 51.5 Å². The van der Waals surface area contributed by atoms with Crippen molar-refractivity contribution >= 4 is 28.5 Å². The lowest BCUT2D eigenvalue weighted by atomic mass is 10.1. The molecule has 0 fully saturated rings. The second-order valence-corrected chi connectivity index (χ2v) is 5.27. The zero-order valence-electron chi connectivity index (χ0n) is 11.1. The van der Waals surface area contributed by atoms with Gasteiger partial charge >= 0.3 is 5.91 Å². The quantitative estimate of drug-likeness (QED) is 0.869. The SMILES string of the molecule is Cc1c(C(=O)NOCC(C)C)oc2ccc(Cl)cc12. The summed E-state index contributed by atoms with van der Waals surface area (Å²) in [5.74, 6) is 0.211. The summed E-state index contributed by atoms with van der Waals surface area (Å²) < 4.78 is 5.52. The van der Waals surface area contributed by atoms with Crippen LogP contribution in [0, 0.1) is 12.8 Å². The highest BCUT2D eigenvalue weighted by atomic mass is 35.5. The number of aryl methyl sites for hydroxylation is 1. The van der Waals surface area contributed by atoms with Gasteiger partial charge in [0.25, 0.3) is 0 Å². The van der Waals surface area contributed by atoms with Gasteiger partial charge in [-0.2, -0.15) is 0 Å². The number of furan rings is 1. The fourth-order valence-corrected chi connectivity index (χ4v) is 1.90. The number of carbonyl (C=O) groups is 1. The average molecular weight is 282 g/mol. The molecule has 0 radical (unpaired) electrons. The number of rotatable bonds is 4. The molecule has 2 rings (SSSR count). The van der Waals surface area contributed by atoms with Gasteiger partial charge in [0, 0.05) is 16.0 Å². The molecule has 1 N–H and O–H groups in total. The van der Waals surface area contributed by atoms with E-state index in [1.807, 2.05) is 20.8 Å². The van der Waals surface area contributed by atoms with Gasteiger partial charge < -0.3 is 4.42 Å². The number of fused-ring (bicyclic) bond motifs is 1. The van der Waals surface area contributed by atoms with Crippen molar-refractivity contribution in [1.29, 1.82) is 0 Å². The summed E-state index contributed by atoms with van der Waals surface area (Å²) in [5, 5.41) is 1.45. The molecule has 0 bridgehead atoms. The van der Waals surface area contributed by atoms with Gasteiger partial charge in [-0.1, -0.05) is 25.4 Å². The maximum atomic E-state index is 11.9. The van der Waals surface area contributed by atoms with Gasteiger partial charge in [-0.25, -0.2) is 5.48 Å².